The Labute approximate surface area is 70.8 Å². The first-order valence-corrected chi connectivity index (χ1v) is 4.90. The maximum Gasteiger partial charge on any atom is 0.00724 e. The van der Waals surface area contributed by atoms with Crippen LogP contribution in [0.4, 0.5) is 0 Å². The Balaban J connectivity index is 2.55. The molecule has 1 nitrogen and oxygen atoms in total. The van der Waals surface area contributed by atoms with Gasteiger partial charge in [0.2, 0.25) is 0 Å². The van der Waals surface area contributed by atoms with Gasteiger partial charge in [-0.25, -0.2) is 0 Å². The van der Waals surface area contributed by atoms with Crippen LogP contribution in [0, 0.1) is 0 Å². The Morgan fingerprint density at radius 1 is 1.09 bits per heavy atom. The van der Waals surface area contributed by atoms with Gasteiger partial charge in [-0.1, -0.05) is 6.42 Å². The molecule has 66 valence electrons. The molecule has 0 bridgehead atoms. The summed E-state index contributed by atoms with van der Waals surface area (Å²) in [6, 6.07) is 2.33. The standard InChI is InChI=1S/C10H21N/c1-8(2)11-9(3)6-5-7-10(11)4/h8-10H,5-7H2,1-4H3. The van der Waals surface area contributed by atoms with Crippen LogP contribution in [0.25, 0.3) is 0 Å². The molecule has 0 aromatic heterocycles. The van der Waals surface area contributed by atoms with Crippen LogP contribution in [0.1, 0.15) is 47.0 Å². The van der Waals surface area contributed by atoms with Gasteiger partial charge in [-0.05, 0) is 40.5 Å². The largest absolute Gasteiger partial charge is 0.296 e. The molecule has 1 heterocycles. The second-order valence-corrected chi connectivity index (χ2v) is 4.17. The van der Waals surface area contributed by atoms with Crippen molar-refractivity contribution < 1.29 is 0 Å². The molecule has 0 saturated carbocycles. The molecule has 1 aliphatic rings. The van der Waals surface area contributed by atoms with Crippen molar-refractivity contribution in [3.8, 4) is 0 Å². The van der Waals surface area contributed by atoms with Gasteiger partial charge in [0.25, 0.3) is 0 Å². The third-order valence-corrected chi connectivity index (χ3v) is 2.86. The zero-order valence-corrected chi connectivity index (χ0v) is 8.30. The minimum absolute atomic E-state index is 0.722. The predicted octanol–water partition coefficient (Wildman–Crippen LogP) is 2.66. The van der Waals surface area contributed by atoms with Crippen molar-refractivity contribution in [2.45, 2.75) is 65.1 Å². The number of likely N-dealkylation sites (tertiary alicyclic amines) is 1. The van der Waals surface area contributed by atoms with Crippen molar-refractivity contribution in [1.82, 2.24) is 4.90 Å². The van der Waals surface area contributed by atoms with Gasteiger partial charge in [-0.15, -0.1) is 0 Å². The van der Waals surface area contributed by atoms with Gasteiger partial charge >= 0.3 is 0 Å². The predicted molar refractivity (Wildman–Crippen MR) is 49.8 cm³/mol. The number of piperidine rings is 1. The zero-order chi connectivity index (χ0) is 8.43. The Morgan fingerprint density at radius 3 is 1.82 bits per heavy atom. The van der Waals surface area contributed by atoms with Gasteiger partial charge in [0.1, 0.15) is 0 Å². The summed E-state index contributed by atoms with van der Waals surface area (Å²) in [7, 11) is 0. The van der Waals surface area contributed by atoms with Crippen molar-refractivity contribution in [2.24, 2.45) is 0 Å². The fourth-order valence-corrected chi connectivity index (χ4v) is 2.46. The monoisotopic (exact) mass is 155 g/mol. The van der Waals surface area contributed by atoms with E-state index in [4.69, 9.17) is 0 Å². The fourth-order valence-electron chi connectivity index (χ4n) is 2.46. The maximum atomic E-state index is 2.64. The highest BCUT2D eigenvalue weighted by atomic mass is 15.2. The molecule has 0 N–H and O–H groups in total. The molecule has 11 heavy (non-hydrogen) atoms. The van der Waals surface area contributed by atoms with E-state index in [2.05, 4.69) is 32.6 Å². The number of hydrogen-bond acceptors (Lipinski definition) is 1. The number of rotatable bonds is 1. The molecule has 0 amide bonds. The first-order valence-electron chi connectivity index (χ1n) is 4.90. The highest BCUT2D eigenvalue weighted by Gasteiger charge is 2.26. The lowest BCUT2D eigenvalue weighted by Crippen LogP contribution is -2.47. The van der Waals surface area contributed by atoms with Gasteiger partial charge in [0.05, 0.1) is 0 Å². The van der Waals surface area contributed by atoms with Crippen LogP contribution in [0.2, 0.25) is 0 Å². The van der Waals surface area contributed by atoms with E-state index >= 15 is 0 Å². The quantitative estimate of drug-likeness (QED) is 0.562. The van der Waals surface area contributed by atoms with E-state index in [9.17, 15) is 0 Å². The van der Waals surface area contributed by atoms with Gasteiger partial charge in [0, 0.05) is 18.1 Å². The molecule has 1 rings (SSSR count). The van der Waals surface area contributed by atoms with Crippen molar-refractivity contribution in [3.05, 3.63) is 0 Å². The van der Waals surface area contributed by atoms with Crippen LogP contribution >= 0.6 is 0 Å². The summed E-state index contributed by atoms with van der Waals surface area (Å²) in [4.78, 5) is 2.64. The molecule has 0 spiro atoms. The normalized spacial score (nSPS) is 34.6. The molecule has 0 aliphatic carbocycles. The smallest absolute Gasteiger partial charge is 0.00724 e. The first kappa shape index (κ1) is 9.05. The second-order valence-electron chi connectivity index (χ2n) is 4.17. The van der Waals surface area contributed by atoms with E-state index in [1.165, 1.54) is 19.3 Å². The van der Waals surface area contributed by atoms with Crippen LogP contribution in [0.15, 0.2) is 0 Å². The lowest BCUT2D eigenvalue weighted by Gasteiger charge is -2.41. The highest BCUT2D eigenvalue weighted by molar-refractivity contribution is 4.81. The SMILES string of the molecule is CC(C)N1C(C)CCCC1C. The van der Waals surface area contributed by atoms with Crippen molar-refractivity contribution >= 4 is 0 Å². The van der Waals surface area contributed by atoms with E-state index < -0.39 is 0 Å². The van der Waals surface area contributed by atoms with Crippen molar-refractivity contribution in [2.75, 3.05) is 0 Å². The molecular formula is C10H21N. The Bertz CT molecular complexity index is 110. The molecule has 1 heteroatoms. The van der Waals surface area contributed by atoms with E-state index in [1.807, 2.05) is 0 Å². The summed E-state index contributed by atoms with van der Waals surface area (Å²) in [5, 5.41) is 0. The average Bonchev–Trinajstić information content (AvgIpc) is 1.85. The molecule has 1 saturated heterocycles. The summed E-state index contributed by atoms with van der Waals surface area (Å²) < 4.78 is 0. The minimum atomic E-state index is 0.722. The molecule has 1 aliphatic heterocycles. The summed E-state index contributed by atoms with van der Waals surface area (Å²) in [5.74, 6) is 0. The first-order chi connectivity index (χ1) is 5.13. The fraction of sp³-hybridized carbons (Fsp3) is 1.00. The van der Waals surface area contributed by atoms with Gasteiger partial charge in [-0.3, -0.25) is 4.90 Å². The molecule has 2 atom stereocenters. The molecule has 2 unspecified atom stereocenters. The Kier molecular flexibility index (Phi) is 2.94. The van der Waals surface area contributed by atoms with Crippen molar-refractivity contribution in [3.63, 3.8) is 0 Å². The van der Waals surface area contributed by atoms with Crippen LogP contribution in [-0.2, 0) is 0 Å². The molecule has 1 fully saturated rings. The van der Waals surface area contributed by atoms with Gasteiger partial charge in [0.15, 0.2) is 0 Å². The van der Waals surface area contributed by atoms with Gasteiger partial charge in [-0.2, -0.15) is 0 Å². The summed E-state index contributed by atoms with van der Waals surface area (Å²) >= 11 is 0. The summed E-state index contributed by atoms with van der Waals surface area (Å²) in [6.07, 6.45) is 4.20. The lowest BCUT2D eigenvalue weighted by molar-refractivity contribution is 0.0705. The third kappa shape index (κ3) is 1.96. The molecule has 0 radical (unpaired) electrons. The van der Waals surface area contributed by atoms with E-state index in [-0.39, 0.29) is 0 Å². The zero-order valence-electron chi connectivity index (χ0n) is 8.30. The lowest BCUT2D eigenvalue weighted by atomic mass is 9.96. The van der Waals surface area contributed by atoms with Crippen molar-refractivity contribution in [1.29, 1.82) is 0 Å². The Hall–Kier alpha value is -0.0400. The average molecular weight is 155 g/mol. The van der Waals surface area contributed by atoms with Crippen LogP contribution < -0.4 is 0 Å². The highest BCUT2D eigenvalue weighted by Crippen LogP contribution is 2.24. The van der Waals surface area contributed by atoms with E-state index in [1.54, 1.807) is 0 Å². The third-order valence-electron chi connectivity index (χ3n) is 2.86. The number of nitrogens with zero attached hydrogens (tertiary/aromatic N) is 1. The minimum Gasteiger partial charge on any atom is -0.296 e. The molecule has 0 aromatic carbocycles. The molecule has 0 aromatic rings. The topological polar surface area (TPSA) is 3.24 Å². The van der Waals surface area contributed by atoms with Crippen LogP contribution in [0.3, 0.4) is 0 Å². The summed E-state index contributed by atoms with van der Waals surface area (Å²) in [5.41, 5.74) is 0. The van der Waals surface area contributed by atoms with E-state index in [0.29, 0.717) is 0 Å². The molecular weight excluding hydrogens is 134 g/mol. The van der Waals surface area contributed by atoms with Crippen LogP contribution in [0.5, 0.6) is 0 Å². The Morgan fingerprint density at radius 2 is 1.55 bits per heavy atom. The van der Waals surface area contributed by atoms with E-state index in [0.717, 1.165) is 18.1 Å². The second kappa shape index (κ2) is 3.57. The van der Waals surface area contributed by atoms with Crippen LogP contribution in [-0.4, -0.2) is 23.0 Å². The number of hydrogen-bond donors (Lipinski definition) is 0. The summed E-state index contributed by atoms with van der Waals surface area (Å²) in [6.45, 7) is 9.32. The maximum absolute atomic E-state index is 2.64. The van der Waals surface area contributed by atoms with Gasteiger partial charge < -0.3 is 0 Å².